The van der Waals surface area contributed by atoms with Crippen LogP contribution in [0, 0.1) is 11.6 Å². The van der Waals surface area contributed by atoms with Gasteiger partial charge in [0.25, 0.3) is 0 Å². The first kappa shape index (κ1) is 24.4. The van der Waals surface area contributed by atoms with Crippen molar-refractivity contribution < 1.29 is 26.7 Å². The molecule has 0 spiro atoms. The maximum Gasteiger partial charge on any atom is 0.306 e. The molecule has 0 atom stereocenters. The fraction of sp³-hybridized carbons (Fsp3) is 0.375. The van der Waals surface area contributed by atoms with Gasteiger partial charge in [0.1, 0.15) is 16.4 Å². The van der Waals surface area contributed by atoms with E-state index < -0.39 is 26.2 Å². The summed E-state index contributed by atoms with van der Waals surface area (Å²) in [5.74, 6) is -1.73. The standard InChI is InChI=1S/C24H25ClF2O4S/c1-2-31-23(28)5-3-4-17-12-14-24(15-13-17,21-16-19(26)8-11-22(21)27)32(29,30)20-9-6-18(25)7-10-20/h4,6-11,16H,2-3,5,12-15H2,1H3. The van der Waals surface area contributed by atoms with Crippen LogP contribution in [-0.2, 0) is 24.1 Å². The first-order chi connectivity index (χ1) is 15.2. The summed E-state index contributed by atoms with van der Waals surface area (Å²) in [4.78, 5) is 11.6. The van der Waals surface area contributed by atoms with Crippen molar-refractivity contribution in [2.75, 3.05) is 6.61 Å². The monoisotopic (exact) mass is 482 g/mol. The van der Waals surface area contributed by atoms with Crippen molar-refractivity contribution in [1.29, 1.82) is 0 Å². The number of hydrogen-bond donors (Lipinski definition) is 0. The topological polar surface area (TPSA) is 60.4 Å². The molecule has 1 aliphatic rings. The molecule has 0 saturated heterocycles. The van der Waals surface area contributed by atoms with Crippen molar-refractivity contribution in [2.24, 2.45) is 0 Å². The number of ether oxygens (including phenoxy) is 1. The molecule has 0 N–H and O–H groups in total. The molecule has 0 bridgehead atoms. The van der Waals surface area contributed by atoms with Gasteiger partial charge in [0.05, 0.1) is 11.5 Å². The fourth-order valence-electron chi connectivity index (χ4n) is 4.18. The molecular formula is C24H25ClF2O4S. The molecule has 3 rings (SSSR count). The minimum Gasteiger partial charge on any atom is -0.466 e. The van der Waals surface area contributed by atoms with Crippen molar-refractivity contribution in [3.05, 3.63) is 76.3 Å². The lowest BCUT2D eigenvalue weighted by Gasteiger charge is -2.38. The number of hydrogen-bond acceptors (Lipinski definition) is 4. The molecule has 1 aliphatic carbocycles. The molecule has 0 heterocycles. The molecule has 172 valence electrons. The molecule has 0 amide bonds. The van der Waals surface area contributed by atoms with Crippen molar-refractivity contribution in [1.82, 2.24) is 0 Å². The van der Waals surface area contributed by atoms with Gasteiger partial charge in [0, 0.05) is 17.0 Å². The van der Waals surface area contributed by atoms with Gasteiger partial charge < -0.3 is 4.74 Å². The second kappa shape index (κ2) is 10.1. The quantitative estimate of drug-likeness (QED) is 0.352. The summed E-state index contributed by atoms with van der Waals surface area (Å²) < 4.78 is 59.7. The molecule has 0 radical (unpaired) electrons. The minimum atomic E-state index is -4.06. The van der Waals surface area contributed by atoms with Crippen LogP contribution < -0.4 is 0 Å². The van der Waals surface area contributed by atoms with Crippen LogP contribution in [0.15, 0.2) is 59.0 Å². The normalized spacial score (nSPS) is 18.9. The predicted molar refractivity (Wildman–Crippen MR) is 119 cm³/mol. The molecule has 8 heteroatoms. The van der Waals surface area contributed by atoms with Gasteiger partial charge in [0.15, 0.2) is 9.84 Å². The first-order valence-electron chi connectivity index (χ1n) is 10.5. The molecule has 1 saturated carbocycles. The summed E-state index contributed by atoms with van der Waals surface area (Å²) in [5, 5.41) is 0.380. The Bertz CT molecular complexity index is 1100. The molecule has 2 aromatic rings. The van der Waals surface area contributed by atoms with Gasteiger partial charge in [-0.3, -0.25) is 4.79 Å². The van der Waals surface area contributed by atoms with E-state index in [1.807, 2.05) is 6.08 Å². The van der Waals surface area contributed by atoms with Gasteiger partial charge in [-0.05, 0) is 81.5 Å². The largest absolute Gasteiger partial charge is 0.466 e. The third-order valence-electron chi connectivity index (χ3n) is 5.84. The summed E-state index contributed by atoms with van der Waals surface area (Å²) in [6.45, 7) is 2.06. The van der Waals surface area contributed by atoms with E-state index in [0.29, 0.717) is 30.9 Å². The molecule has 0 aliphatic heterocycles. The van der Waals surface area contributed by atoms with E-state index in [9.17, 15) is 22.0 Å². The van der Waals surface area contributed by atoms with Crippen LogP contribution in [0.4, 0.5) is 8.78 Å². The van der Waals surface area contributed by atoms with Crippen LogP contribution in [0.1, 0.15) is 51.0 Å². The molecule has 0 unspecified atom stereocenters. The molecule has 32 heavy (non-hydrogen) atoms. The van der Waals surface area contributed by atoms with E-state index >= 15 is 0 Å². The van der Waals surface area contributed by atoms with Crippen molar-refractivity contribution in [3.63, 3.8) is 0 Å². The van der Waals surface area contributed by atoms with Crippen LogP contribution in [-0.4, -0.2) is 21.0 Å². The minimum absolute atomic E-state index is 0.0142. The highest BCUT2D eigenvalue weighted by molar-refractivity contribution is 7.92. The number of allylic oxidation sites excluding steroid dienone is 2. The Kier molecular flexibility index (Phi) is 7.72. The number of sulfone groups is 1. The third kappa shape index (κ3) is 5.04. The van der Waals surface area contributed by atoms with E-state index in [-0.39, 0.29) is 35.7 Å². The summed E-state index contributed by atoms with van der Waals surface area (Å²) in [6, 6.07) is 8.64. The maximum absolute atomic E-state index is 14.9. The Morgan fingerprint density at radius 3 is 2.41 bits per heavy atom. The molecule has 1 fully saturated rings. The third-order valence-corrected chi connectivity index (χ3v) is 8.65. The highest BCUT2D eigenvalue weighted by Crippen LogP contribution is 2.49. The summed E-state index contributed by atoms with van der Waals surface area (Å²) in [7, 11) is -4.06. The Morgan fingerprint density at radius 2 is 1.78 bits per heavy atom. The van der Waals surface area contributed by atoms with E-state index in [0.717, 1.165) is 23.8 Å². The van der Waals surface area contributed by atoms with Gasteiger partial charge in [-0.15, -0.1) is 0 Å². The van der Waals surface area contributed by atoms with Gasteiger partial charge in [-0.2, -0.15) is 0 Å². The zero-order valence-corrected chi connectivity index (χ0v) is 19.3. The number of rotatable bonds is 7. The van der Waals surface area contributed by atoms with E-state index in [1.165, 1.54) is 24.3 Å². The summed E-state index contributed by atoms with van der Waals surface area (Å²) in [5.41, 5.74) is 0.839. The van der Waals surface area contributed by atoms with Crippen LogP contribution in [0.5, 0.6) is 0 Å². The van der Waals surface area contributed by atoms with Crippen LogP contribution in [0.3, 0.4) is 0 Å². The lowest BCUT2D eigenvalue weighted by atomic mass is 9.80. The van der Waals surface area contributed by atoms with Gasteiger partial charge >= 0.3 is 5.97 Å². The Hall–Kier alpha value is -2.25. The smallest absolute Gasteiger partial charge is 0.306 e. The molecule has 4 nitrogen and oxygen atoms in total. The highest BCUT2D eigenvalue weighted by Gasteiger charge is 2.49. The number of esters is 1. The number of halogens is 3. The lowest BCUT2D eigenvalue weighted by molar-refractivity contribution is -0.143. The fourth-order valence-corrected chi connectivity index (χ4v) is 6.43. The Labute approximate surface area is 192 Å². The Morgan fingerprint density at radius 1 is 1.12 bits per heavy atom. The molecule has 2 aromatic carbocycles. The molecular weight excluding hydrogens is 458 g/mol. The maximum atomic E-state index is 14.9. The average Bonchev–Trinajstić information content (AvgIpc) is 2.76. The summed E-state index contributed by atoms with van der Waals surface area (Å²) in [6.07, 6.45) is 3.63. The van der Waals surface area contributed by atoms with Gasteiger partial charge in [-0.1, -0.05) is 23.3 Å². The zero-order valence-electron chi connectivity index (χ0n) is 17.7. The number of benzene rings is 2. The van der Waals surface area contributed by atoms with Crippen molar-refractivity contribution in [3.8, 4) is 0 Å². The van der Waals surface area contributed by atoms with E-state index in [2.05, 4.69) is 0 Å². The second-order valence-corrected chi connectivity index (χ2v) is 10.5. The van der Waals surface area contributed by atoms with Crippen molar-refractivity contribution in [2.45, 2.75) is 55.1 Å². The van der Waals surface area contributed by atoms with E-state index in [1.54, 1.807) is 6.92 Å². The average molecular weight is 483 g/mol. The zero-order chi connectivity index (χ0) is 23.4. The predicted octanol–water partition coefficient (Wildman–Crippen LogP) is 6.13. The van der Waals surface area contributed by atoms with Crippen LogP contribution >= 0.6 is 11.6 Å². The van der Waals surface area contributed by atoms with Crippen LogP contribution in [0.2, 0.25) is 5.02 Å². The second-order valence-electron chi connectivity index (χ2n) is 7.78. The SMILES string of the molecule is CCOC(=O)CCC=C1CCC(c2cc(F)ccc2F)(S(=O)(=O)c2ccc(Cl)cc2)CC1. The lowest BCUT2D eigenvalue weighted by Crippen LogP contribution is -2.39. The van der Waals surface area contributed by atoms with Crippen LogP contribution in [0.25, 0.3) is 0 Å². The van der Waals surface area contributed by atoms with Gasteiger partial charge in [0.2, 0.25) is 0 Å². The van der Waals surface area contributed by atoms with Gasteiger partial charge in [-0.25, -0.2) is 17.2 Å². The highest BCUT2D eigenvalue weighted by atomic mass is 35.5. The summed E-state index contributed by atoms with van der Waals surface area (Å²) >= 11 is 5.91. The van der Waals surface area contributed by atoms with E-state index in [4.69, 9.17) is 16.3 Å². The number of carbonyl (C=O) groups is 1. The molecule has 0 aromatic heterocycles. The van der Waals surface area contributed by atoms with Crippen molar-refractivity contribution >= 4 is 27.4 Å². The number of carbonyl (C=O) groups excluding carboxylic acids is 1. The Balaban J connectivity index is 1.95. The first-order valence-corrected chi connectivity index (χ1v) is 12.3.